The lowest BCUT2D eigenvalue weighted by atomic mass is 10.0. The molecule has 2 fully saturated rings. The summed E-state index contributed by atoms with van der Waals surface area (Å²) in [6.07, 6.45) is 3.49. The molecular weight excluding hydrogens is 436 g/mol. The number of rotatable bonds is 5. The van der Waals surface area contributed by atoms with E-state index in [0.29, 0.717) is 18.7 Å². The van der Waals surface area contributed by atoms with Gasteiger partial charge in [-0.2, -0.15) is 4.31 Å². The average molecular weight is 461 g/mol. The van der Waals surface area contributed by atoms with Crippen molar-refractivity contribution in [1.29, 1.82) is 0 Å². The minimum Gasteiger partial charge on any atom is -0.459 e. The summed E-state index contributed by atoms with van der Waals surface area (Å²) in [5.41, 5.74) is 0.300. The van der Waals surface area contributed by atoms with Crippen molar-refractivity contribution in [2.24, 2.45) is 0 Å². The lowest BCUT2D eigenvalue weighted by Gasteiger charge is -2.34. The topological polar surface area (TPSA) is 129 Å². The number of piperidine rings is 1. The monoisotopic (exact) mass is 460 g/mol. The van der Waals surface area contributed by atoms with E-state index in [9.17, 15) is 22.8 Å². The molecule has 0 saturated carbocycles. The third kappa shape index (κ3) is 4.53. The van der Waals surface area contributed by atoms with Crippen molar-refractivity contribution in [2.75, 3.05) is 31.5 Å². The summed E-state index contributed by atoms with van der Waals surface area (Å²) in [5, 5.41) is 5.33. The van der Waals surface area contributed by atoms with Gasteiger partial charge in [-0.25, -0.2) is 8.42 Å². The van der Waals surface area contributed by atoms with Crippen molar-refractivity contribution in [2.45, 2.75) is 30.2 Å². The third-order valence-corrected chi connectivity index (χ3v) is 7.38. The van der Waals surface area contributed by atoms with E-state index in [4.69, 9.17) is 4.42 Å². The normalized spacial score (nSPS) is 19.9. The van der Waals surface area contributed by atoms with E-state index in [0.717, 1.165) is 17.1 Å². The van der Waals surface area contributed by atoms with Crippen LogP contribution in [0.2, 0.25) is 0 Å². The smallest absolute Gasteiger partial charge is 0.290 e. The highest BCUT2D eigenvalue weighted by atomic mass is 32.2. The first-order valence-electron chi connectivity index (χ1n) is 10.4. The number of anilines is 1. The highest BCUT2D eigenvalue weighted by Crippen LogP contribution is 2.24. The van der Waals surface area contributed by atoms with Crippen LogP contribution >= 0.6 is 0 Å². The molecule has 4 rings (SSSR count). The van der Waals surface area contributed by atoms with Crippen molar-refractivity contribution in [1.82, 2.24) is 14.5 Å². The van der Waals surface area contributed by atoms with Gasteiger partial charge in [-0.1, -0.05) is 6.07 Å². The number of nitrogens with zero attached hydrogens (tertiary/aromatic N) is 2. The molecule has 2 aliphatic rings. The van der Waals surface area contributed by atoms with E-state index in [1.165, 1.54) is 29.4 Å². The van der Waals surface area contributed by atoms with E-state index >= 15 is 0 Å². The van der Waals surface area contributed by atoms with Crippen LogP contribution in [0.3, 0.4) is 0 Å². The Labute approximate surface area is 185 Å². The van der Waals surface area contributed by atoms with Crippen LogP contribution in [-0.4, -0.2) is 67.6 Å². The number of furan rings is 1. The second-order valence-corrected chi connectivity index (χ2v) is 9.63. The number of sulfonamides is 1. The van der Waals surface area contributed by atoms with Crippen molar-refractivity contribution < 1.29 is 27.2 Å². The van der Waals surface area contributed by atoms with Crippen LogP contribution in [-0.2, 0) is 19.6 Å². The van der Waals surface area contributed by atoms with Gasteiger partial charge in [0, 0.05) is 25.3 Å². The molecule has 3 amide bonds. The van der Waals surface area contributed by atoms with Crippen molar-refractivity contribution in [3.05, 3.63) is 48.4 Å². The van der Waals surface area contributed by atoms with Crippen LogP contribution < -0.4 is 10.6 Å². The first-order chi connectivity index (χ1) is 15.4. The number of carbonyl (C=O) groups excluding carboxylic acids is 3. The molecule has 1 aromatic carbocycles. The Morgan fingerprint density at radius 2 is 1.97 bits per heavy atom. The molecule has 10 nitrogen and oxygen atoms in total. The predicted molar refractivity (Wildman–Crippen MR) is 114 cm³/mol. The molecule has 1 unspecified atom stereocenters. The van der Waals surface area contributed by atoms with Crippen LogP contribution in [0, 0.1) is 0 Å². The van der Waals surface area contributed by atoms with Gasteiger partial charge in [0.25, 0.3) is 5.91 Å². The van der Waals surface area contributed by atoms with Gasteiger partial charge in [0.2, 0.25) is 21.8 Å². The Hall–Kier alpha value is -3.18. The first-order valence-corrected chi connectivity index (χ1v) is 11.8. The quantitative estimate of drug-likeness (QED) is 0.686. The molecule has 11 heteroatoms. The second kappa shape index (κ2) is 9.13. The van der Waals surface area contributed by atoms with Crippen LogP contribution in [0.4, 0.5) is 5.69 Å². The number of hydrogen-bond acceptors (Lipinski definition) is 6. The van der Waals surface area contributed by atoms with Gasteiger partial charge in [0.05, 0.1) is 17.7 Å². The molecule has 2 aromatic rings. The largest absolute Gasteiger partial charge is 0.459 e. The Bertz CT molecular complexity index is 1120. The summed E-state index contributed by atoms with van der Waals surface area (Å²) >= 11 is 0. The number of hydrogen-bond donors (Lipinski definition) is 2. The second-order valence-electron chi connectivity index (χ2n) is 7.69. The Balaban J connectivity index is 1.50. The number of carbonyl (C=O) groups is 3. The van der Waals surface area contributed by atoms with Gasteiger partial charge >= 0.3 is 0 Å². The molecule has 3 heterocycles. The molecule has 170 valence electrons. The van der Waals surface area contributed by atoms with Gasteiger partial charge in [-0.05, 0) is 49.6 Å². The van der Waals surface area contributed by atoms with Crippen molar-refractivity contribution >= 4 is 33.4 Å². The summed E-state index contributed by atoms with van der Waals surface area (Å²) < 4.78 is 32.1. The summed E-state index contributed by atoms with van der Waals surface area (Å²) in [6.45, 7) is 0.611. The Kier molecular flexibility index (Phi) is 6.28. The number of nitrogens with one attached hydrogen (secondary N) is 2. The standard InChI is InChI=1S/C21H24N4O6S/c26-19-14-24(11-9-22-19)32(29,30)16-6-3-5-15(13-16)23-20(27)17-7-1-2-10-25(17)21(28)18-8-4-12-31-18/h3-6,8,12-13,17H,1-2,7,9-11,14H2,(H,22,26)(H,23,27). The molecule has 2 aliphatic heterocycles. The summed E-state index contributed by atoms with van der Waals surface area (Å²) in [4.78, 5) is 38.8. The summed E-state index contributed by atoms with van der Waals surface area (Å²) in [5.74, 6) is -0.933. The lowest BCUT2D eigenvalue weighted by molar-refractivity contribution is -0.123. The highest BCUT2D eigenvalue weighted by Gasteiger charge is 2.34. The molecule has 0 aliphatic carbocycles. The molecule has 0 bridgehead atoms. The van der Waals surface area contributed by atoms with E-state index in [1.54, 1.807) is 18.2 Å². The van der Waals surface area contributed by atoms with Gasteiger partial charge in [-0.3, -0.25) is 14.4 Å². The zero-order valence-corrected chi connectivity index (χ0v) is 18.1. The summed E-state index contributed by atoms with van der Waals surface area (Å²) in [7, 11) is -3.89. The van der Waals surface area contributed by atoms with E-state index in [1.807, 2.05) is 0 Å². The van der Waals surface area contributed by atoms with Crippen LogP contribution in [0.1, 0.15) is 29.8 Å². The number of benzene rings is 1. The fourth-order valence-electron chi connectivity index (χ4n) is 3.92. The zero-order valence-electron chi connectivity index (χ0n) is 17.3. The van der Waals surface area contributed by atoms with Gasteiger partial charge in [0.15, 0.2) is 5.76 Å². The lowest BCUT2D eigenvalue weighted by Crippen LogP contribution is -2.50. The zero-order chi connectivity index (χ0) is 22.7. The predicted octanol–water partition coefficient (Wildman–Crippen LogP) is 1.03. The van der Waals surface area contributed by atoms with Crippen LogP contribution in [0.25, 0.3) is 0 Å². The maximum atomic E-state index is 13.0. The fraction of sp³-hybridized carbons (Fsp3) is 0.381. The maximum Gasteiger partial charge on any atom is 0.290 e. The molecule has 0 spiro atoms. The highest BCUT2D eigenvalue weighted by molar-refractivity contribution is 7.89. The fourth-order valence-corrected chi connectivity index (χ4v) is 5.36. The van der Waals surface area contributed by atoms with E-state index < -0.39 is 22.0 Å². The minimum atomic E-state index is -3.89. The van der Waals surface area contributed by atoms with Gasteiger partial charge in [0.1, 0.15) is 6.04 Å². The Morgan fingerprint density at radius 3 is 2.72 bits per heavy atom. The minimum absolute atomic E-state index is 0.0165. The first kappa shape index (κ1) is 22.0. The molecule has 0 radical (unpaired) electrons. The average Bonchev–Trinajstić information content (AvgIpc) is 3.34. The Morgan fingerprint density at radius 1 is 1.12 bits per heavy atom. The van der Waals surface area contributed by atoms with E-state index in [2.05, 4.69) is 10.6 Å². The molecule has 2 N–H and O–H groups in total. The third-order valence-electron chi connectivity index (χ3n) is 5.54. The van der Waals surface area contributed by atoms with Crippen molar-refractivity contribution in [3.63, 3.8) is 0 Å². The van der Waals surface area contributed by atoms with Crippen LogP contribution in [0.15, 0.2) is 52.0 Å². The maximum absolute atomic E-state index is 13.0. The molecule has 32 heavy (non-hydrogen) atoms. The van der Waals surface area contributed by atoms with Gasteiger partial charge < -0.3 is 20.0 Å². The van der Waals surface area contributed by atoms with Gasteiger partial charge in [-0.15, -0.1) is 0 Å². The molecular formula is C21H24N4O6S. The summed E-state index contributed by atoms with van der Waals surface area (Å²) in [6, 6.07) is 8.38. The molecule has 2 saturated heterocycles. The number of likely N-dealkylation sites (tertiary alicyclic amines) is 1. The molecule has 1 aromatic heterocycles. The SMILES string of the molecule is O=C1CN(S(=O)(=O)c2cccc(NC(=O)C3CCCCN3C(=O)c3ccco3)c2)CCN1. The molecule has 1 atom stereocenters. The number of piperazine rings is 1. The van der Waals surface area contributed by atoms with Crippen LogP contribution in [0.5, 0.6) is 0 Å². The number of amides is 3. The van der Waals surface area contributed by atoms with Crippen molar-refractivity contribution in [3.8, 4) is 0 Å². The van der Waals surface area contributed by atoms with E-state index in [-0.39, 0.29) is 42.1 Å².